The van der Waals surface area contributed by atoms with Gasteiger partial charge in [-0.2, -0.15) is 0 Å². The van der Waals surface area contributed by atoms with Gasteiger partial charge < -0.3 is 9.72 Å². The number of ether oxygens (including phenoxy) is 1. The number of nitrogens with one attached hydrogen (secondary N) is 1. The van der Waals surface area contributed by atoms with E-state index in [-0.39, 0.29) is 5.97 Å². The molecule has 2 rings (SSSR count). The van der Waals surface area contributed by atoms with Crippen molar-refractivity contribution >= 4 is 16.9 Å². The van der Waals surface area contributed by atoms with Crippen molar-refractivity contribution in [3.8, 4) is 0 Å². The summed E-state index contributed by atoms with van der Waals surface area (Å²) < 4.78 is 5.13. The fourth-order valence-corrected chi connectivity index (χ4v) is 2.00. The molecule has 1 heterocycles. The lowest BCUT2D eigenvalue weighted by molar-refractivity contribution is 0.0505. The van der Waals surface area contributed by atoms with Crippen molar-refractivity contribution in [1.29, 1.82) is 0 Å². The normalized spacial score (nSPS) is 10.8. The third kappa shape index (κ3) is 2.73. The van der Waals surface area contributed by atoms with Crippen LogP contribution in [0, 0.1) is 0 Å². The zero-order valence-corrected chi connectivity index (χ0v) is 11.0. The molecular formula is C15H19NO2. The molecule has 0 saturated heterocycles. The second-order valence-corrected chi connectivity index (χ2v) is 4.48. The van der Waals surface area contributed by atoms with E-state index in [0.717, 1.165) is 30.2 Å². The summed E-state index contributed by atoms with van der Waals surface area (Å²) in [7, 11) is 0. The van der Waals surface area contributed by atoms with Crippen LogP contribution in [0.25, 0.3) is 10.9 Å². The van der Waals surface area contributed by atoms with Crippen LogP contribution in [0.4, 0.5) is 0 Å². The lowest BCUT2D eigenvalue weighted by atomic mass is 10.1. The zero-order chi connectivity index (χ0) is 13.0. The number of rotatable bonds is 5. The molecule has 2 aromatic rings. The minimum absolute atomic E-state index is 0.245. The van der Waals surface area contributed by atoms with E-state index in [4.69, 9.17) is 4.74 Å². The Kier molecular flexibility index (Phi) is 4.03. The summed E-state index contributed by atoms with van der Waals surface area (Å²) >= 11 is 0. The molecule has 3 nitrogen and oxygen atoms in total. The molecule has 96 valence electrons. The number of hydrogen-bond acceptors (Lipinski definition) is 2. The number of aromatic amines is 1. The van der Waals surface area contributed by atoms with E-state index in [9.17, 15) is 4.79 Å². The van der Waals surface area contributed by atoms with Crippen LogP contribution in [0.5, 0.6) is 0 Å². The minimum Gasteiger partial charge on any atom is -0.462 e. The van der Waals surface area contributed by atoms with Crippen LogP contribution in [0.15, 0.2) is 24.3 Å². The van der Waals surface area contributed by atoms with Crippen molar-refractivity contribution in [2.75, 3.05) is 6.61 Å². The van der Waals surface area contributed by atoms with Gasteiger partial charge in [-0.25, -0.2) is 4.79 Å². The van der Waals surface area contributed by atoms with E-state index < -0.39 is 0 Å². The van der Waals surface area contributed by atoms with E-state index in [1.807, 2.05) is 25.1 Å². The standard InChI is InChI=1S/C15H19NO2/c1-3-5-13-9-11-6-7-12(10-14(11)16-13)15(17)18-8-4-2/h6-7,9-10,16H,3-5,8H2,1-2H3. The van der Waals surface area contributed by atoms with Gasteiger partial charge in [-0.3, -0.25) is 0 Å². The van der Waals surface area contributed by atoms with Gasteiger partial charge in [-0.1, -0.05) is 26.3 Å². The predicted octanol–water partition coefficient (Wildman–Crippen LogP) is 3.69. The summed E-state index contributed by atoms with van der Waals surface area (Å²) in [5.74, 6) is -0.245. The highest BCUT2D eigenvalue weighted by Crippen LogP contribution is 2.18. The van der Waals surface area contributed by atoms with Gasteiger partial charge in [0, 0.05) is 11.2 Å². The first kappa shape index (κ1) is 12.7. The van der Waals surface area contributed by atoms with Crippen molar-refractivity contribution < 1.29 is 9.53 Å². The molecule has 0 aliphatic heterocycles. The molecule has 0 aliphatic rings. The molecular weight excluding hydrogens is 226 g/mol. The highest BCUT2D eigenvalue weighted by molar-refractivity contribution is 5.94. The molecule has 0 unspecified atom stereocenters. The summed E-state index contributed by atoms with van der Waals surface area (Å²) in [6.45, 7) is 4.61. The fourth-order valence-electron chi connectivity index (χ4n) is 2.00. The topological polar surface area (TPSA) is 42.1 Å². The first-order valence-corrected chi connectivity index (χ1v) is 6.53. The Balaban J connectivity index is 2.23. The zero-order valence-electron chi connectivity index (χ0n) is 11.0. The lowest BCUT2D eigenvalue weighted by Gasteiger charge is -2.02. The van der Waals surface area contributed by atoms with Gasteiger partial charge in [0.25, 0.3) is 0 Å². The highest BCUT2D eigenvalue weighted by Gasteiger charge is 2.08. The average molecular weight is 245 g/mol. The van der Waals surface area contributed by atoms with E-state index in [0.29, 0.717) is 12.2 Å². The molecule has 0 atom stereocenters. The van der Waals surface area contributed by atoms with Gasteiger partial charge in [0.05, 0.1) is 12.2 Å². The molecule has 1 aromatic carbocycles. The van der Waals surface area contributed by atoms with Crippen LogP contribution in [-0.4, -0.2) is 17.6 Å². The van der Waals surface area contributed by atoms with Crippen LogP contribution in [0.2, 0.25) is 0 Å². The maximum absolute atomic E-state index is 11.7. The lowest BCUT2D eigenvalue weighted by Crippen LogP contribution is -2.05. The van der Waals surface area contributed by atoms with Gasteiger partial charge in [0.1, 0.15) is 0 Å². The molecule has 1 aromatic heterocycles. The molecule has 0 radical (unpaired) electrons. The summed E-state index contributed by atoms with van der Waals surface area (Å²) in [5.41, 5.74) is 2.83. The molecule has 0 spiro atoms. The van der Waals surface area contributed by atoms with Crippen LogP contribution in [0.1, 0.15) is 42.7 Å². The molecule has 0 aliphatic carbocycles. The van der Waals surface area contributed by atoms with Crippen molar-refractivity contribution in [3.63, 3.8) is 0 Å². The summed E-state index contributed by atoms with van der Waals surface area (Å²) in [4.78, 5) is 15.1. The van der Waals surface area contributed by atoms with E-state index >= 15 is 0 Å². The van der Waals surface area contributed by atoms with Crippen LogP contribution < -0.4 is 0 Å². The Morgan fingerprint density at radius 3 is 2.78 bits per heavy atom. The largest absolute Gasteiger partial charge is 0.462 e. The molecule has 0 bridgehead atoms. The quantitative estimate of drug-likeness (QED) is 0.816. The highest BCUT2D eigenvalue weighted by atomic mass is 16.5. The Morgan fingerprint density at radius 2 is 2.06 bits per heavy atom. The third-order valence-corrected chi connectivity index (χ3v) is 2.87. The predicted molar refractivity (Wildman–Crippen MR) is 72.9 cm³/mol. The van der Waals surface area contributed by atoms with Crippen molar-refractivity contribution in [2.45, 2.75) is 33.1 Å². The number of hydrogen-bond donors (Lipinski definition) is 1. The summed E-state index contributed by atoms with van der Waals surface area (Å²) in [6, 6.07) is 7.80. The molecule has 3 heteroatoms. The molecule has 0 amide bonds. The number of aryl methyl sites for hydroxylation is 1. The van der Waals surface area contributed by atoms with Crippen molar-refractivity contribution in [3.05, 3.63) is 35.5 Å². The SMILES string of the molecule is CCCOC(=O)c1ccc2cc(CCC)[nH]c2c1. The van der Waals surface area contributed by atoms with E-state index in [1.54, 1.807) is 0 Å². The smallest absolute Gasteiger partial charge is 0.338 e. The third-order valence-electron chi connectivity index (χ3n) is 2.87. The van der Waals surface area contributed by atoms with Crippen LogP contribution in [0.3, 0.4) is 0 Å². The van der Waals surface area contributed by atoms with Gasteiger partial charge >= 0.3 is 5.97 Å². The van der Waals surface area contributed by atoms with Crippen LogP contribution >= 0.6 is 0 Å². The molecule has 1 N–H and O–H groups in total. The summed E-state index contributed by atoms with van der Waals surface area (Å²) in [6.07, 6.45) is 2.99. The number of carbonyl (C=O) groups is 1. The van der Waals surface area contributed by atoms with Gasteiger partial charge in [-0.05, 0) is 36.4 Å². The number of esters is 1. The number of H-pyrrole nitrogens is 1. The van der Waals surface area contributed by atoms with Gasteiger partial charge in [0.15, 0.2) is 0 Å². The van der Waals surface area contributed by atoms with Gasteiger partial charge in [-0.15, -0.1) is 0 Å². The molecule has 18 heavy (non-hydrogen) atoms. The van der Waals surface area contributed by atoms with E-state index in [1.165, 1.54) is 5.69 Å². The van der Waals surface area contributed by atoms with Gasteiger partial charge in [0.2, 0.25) is 0 Å². The monoisotopic (exact) mass is 245 g/mol. The number of carbonyl (C=O) groups excluding carboxylic acids is 1. The Morgan fingerprint density at radius 1 is 1.22 bits per heavy atom. The first-order valence-electron chi connectivity index (χ1n) is 6.53. The maximum Gasteiger partial charge on any atom is 0.338 e. The molecule has 0 fully saturated rings. The summed E-state index contributed by atoms with van der Waals surface area (Å²) in [5, 5.41) is 1.14. The average Bonchev–Trinajstić information content (AvgIpc) is 2.77. The Labute approximate surface area is 107 Å². The van der Waals surface area contributed by atoms with Crippen molar-refractivity contribution in [1.82, 2.24) is 4.98 Å². The fraction of sp³-hybridized carbons (Fsp3) is 0.400. The Bertz CT molecular complexity index is 542. The van der Waals surface area contributed by atoms with E-state index in [2.05, 4.69) is 18.0 Å². The second-order valence-electron chi connectivity index (χ2n) is 4.48. The van der Waals surface area contributed by atoms with Crippen molar-refractivity contribution in [2.24, 2.45) is 0 Å². The first-order chi connectivity index (χ1) is 8.74. The minimum atomic E-state index is -0.245. The maximum atomic E-state index is 11.7. The number of fused-ring (bicyclic) bond motifs is 1. The number of aromatic nitrogens is 1. The Hall–Kier alpha value is -1.77. The van der Waals surface area contributed by atoms with Crippen LogP contribution in [-0.2, 0) is 11.2 Å². The number of benzene rings is 1. The second kappa shape index (κ2) is 5.71. The molecule has 0 saturated carbocycles.